The summed E-state index contributed by atoms with van der Waals surface area (Å²) in [6.07, 6.45) is 0. The van der Waals surface area contributed by atoms with Crippen LogP contribution < -0.4 is 14.4 Å². The van der Waals surface area contributed by atoms with Crippen molar-refractivity contribution in [1.29, 1.82) is 5.41 Å². The van der Waals surface area contributed by atoms with Crippen molar-refractivity contribution < 1.29 is 19.7 Å². The van der Waals surface area contributed by atoms with Gasteiger partial charge in [-0.2, -0.15) is 0 Å². The SMILES string of the molecule is CC(C)c1cc(C(=N)N(c2ccccc2)c2ccc3c(c2)OCO3)c(O)cc1O. The summed E-state index contributed by atoms with van der Waals surface area (Å²) in [5.41, 5.74) is 2.45. The van der Waals surface area contributed by atoms with Crippen LogP contribution in [0.3, 0.4) is 0 Å². The summed E-state index contributed by atoms with van der Waals surface area (Å²) < 4.78 is 10.9. The number of amidine groups is 1. The second-order valence-electron chi connectivity index (χ2n) is 7.14. The summed E-state index contributed by atoms with van der Waals surface area (Å²) in [4.78, 5) is 1.72. The van der Waals surface area contributed by atoms with Gasteiger partial charge in [0.2, 0.25) is 6.79 Å². The minimum Gasteiger partial charge on any atom is -0.508 e. The van der Waals surface area contributed by atoms with Gasteiger partial charge in [-0.15, -0.1) is 0 Å². The molecular weight excluding hydrogens is 368 g/mol. The summed E-state index contributed by atoms with van der Waals surface area (Å²) in [5.74, 6) is 1.24. The monoisotopic (exact) mass is 390 g/mol. The largest absolute Gasteiger partial charge is 0.508 e. The van der Waals surface area contributed by atoms with E-state index in [0.29, 0.717) is 28.3 Å². The van der Waals surface area contributed by atoms with E-state index in [0.717, 1.165) is 5.69 Å². The third-order valence-electron chi connectivity index (χ3n) is 4.87. The fourth-order valence-electron chi connectivity index (χ4n) is 3.38. The fourth-order valence-corrected chi connectivity index (χ4v) is 3.38. The van der Waals surface area contributed by atoms with Crippen molar-refractivity contribution in [2.24, 2.45) is 0 Å². The Labute approximate surface area is 169 Å². The predicted molar refractivity (Wildman–Crippen MR) is 112 cm³/mol. The van der Waals surface area contributed by atoms with Gasteiger partial charge >= 0.3 is 0 Å². The molecule has 3 aromatic carbocycles. The van der Waals surface area contributed by atoms with E-state index >= 15 is 0 Å². The smallest absolute Gasteiger partial charge is 0.231 e. The summed E-state index contributed by atoms with van der Waals surface area (Å²) in [6.45, 7) is 4.07. The molecule has 3 N–H and O–H groups in total. The van der Waals surface area contributed by atoms with Crippen LogP contribution in [-0.4, -0.2) is 22.8 Å². The number of rotatable bonds is 4. The molecule has 0 saturated carbocycles. The van der Waals surface area contributed by atoms with Crippen molar-refractivity contribution in [3.63, 3.8) is 0 Å². The van der Waals surface area contributed by atoms with Gasteiger partial charge < -0.3 is 19.7 Å². The Kier molecular flexibility index (Phi) is 4.76. The van der Waals surface area contributed by atoms with E-state index < -0.39 is 0 Å². The van der Waals surface area contributed by atoms with E-state index in [-0.39, 0.29) is 30.0 Å². The number of hydrogen-bond donors (Lipinski definition) is 3. The molecule has 3 aromatic rings. The van der Waals surface area contributed by atoms with Crippen LogP contribution in [0, 0.1) is 5.41 Å². The standard InChI is InChI=1S/C23H22N2O4/c1-14(2)17-11-18(20(27)12-19(17)26)23(24)25(15-6-4-3-5-7-15)16-8-9-21-22(10-16)29-13-28-21/h3-12,14,24,26-27H,13H2,1-2H3. The summed E-state index contributed by atoms with van der Waals surface area (Å²) in [6, 6.07) is 17.9. The van der Waals surface area contributed by atoms with Crippen LogP contribution in [0.15, 0.2) is 60.7 Å². The first-order valence-electron chi connectivity index (χ1n) is 9.35. The van der Waals surface area contributed by atoms with E-state index in [4.69, 9.17) is 14.9 Å². The van der Waals surface area contributed by atoms with Gasteiger partial charge in [-0.1, -0.05) is 32.0 Å². The minimum absolute atomic E-state index is 0.0170. The highest BCUT2D eigenvalue weighted by molar-refractivity contribution is 6.14. The van der Waals surface area contributed by atoms with E-state index in [1.54, 1.807) is 17.0 Å². The molecule has 1 aliphatic heterocycles. The zero-order valence-corrected chi connectivity index (χ0v) is 16.2. The van der Waals surface area contributed by atoms with E-state index in [1.165, 1.54) is 6.07 Å². The van der Waals surface area contributed by atoms with Crippen LogP contribution in [0.5, 0.6) is 23.0 Å². The molecule has 0 atom stereocenters. The van der Waals surface area contributed by atoms with Crippen molar-refractivity contribution in [2.45, 2.75) is 19.8 Å². The van der Waals surface area contributed by atoms with Crippen LogP contribution >= 0.6 is 0 Å². The molecule has 0 saturated heterocycles. The Bertz CT molecular complexity index is 1060. The first-order chi connectivity index (χ1) is 14.0. The van der Waals surface area contributed by atoms with Crippen molar-refractivity contribution in [1.82, 2.24) is 0 Å². The van der Waals surface area contributed by atoms with Gasteiger partial charge in [-0.05, 0) is 41.8 Å². The van der Waals surface area contributed by atoms with Gasteiger partial charge in [-0.25, -0.2) is 0 Å². The molecule has 0 unspecified atom stereocenters. The molecule has 29 heavy (non-hydrogen) atoms. The Hall–Kier alpha value is -3.67. The van der Waals surface area contributed by atoms with E-state index in [2.05, 4.69) is 0 Å². The number of ether oxygens (including phenoxy) is 2. The molecule has 0 spiro atoms. The molecule has 0 bridgehead atoms. The number of fused-ring (bicyclic) bond motifs is 1. The number of benzene rings is 3. The van der Waals surface area contributed by atoms with Crippen LogP contribution in [0.2, 0.25) is 0 Å². The maximum absolute atomic E-state index is 10.5. The molecule has 148 valence electrons. The van der Waals surface area contributed by atoms with Gasteiger partial charge in [0.25, 0.3) is 0 Å². The molecule has 1 aliphatic rings. The van der Waals surface area contributed by atoms with Gasteiger partial charge in [0.1, 0.15) is 17.3 Å². The summed E-state index contributed by atoms with van der Waals surface area (Å²) in [5, 5.41) is 29.6. The molecule has 0 fully saturated rings. The Morgan fingerprint density at radius 3 is 2.34 bits per heavy atom. The van der Waals surface area contributed by atoms with Crippen molar-refractivity contribution in [2.75, 3.05) is 11.7 Å². The van der Waals surface area contributed by atoms with Crippen LogP contribution in [0.1, 0.15) is 30.9 Å². The molecule has 6 heteroatoms. The summed E-state index contributed by atoms with van der Waals surface area (Å²) in [7, 11) is 0. The zero-order chi connectivity index (χ0) is 20.5. The average Bonchev–Trinajstić information content (AvgIpc) is 3.16. The number of hydrogen-bond acceptors (Lipinski definition) is 5. The molecule has 0 radical (unpaired) electrons. The second kappa shape index (κ2) is 7.39. The van der Waals surface area contributed by atoms with Gasteiger partial charge in [-0.3, -0.25) is 10.3 Å². The maximum atomic E-state index is 10.5. The van der Waals surface area contributed by atoms with Crippen molar-refractivity contribution in [3.05, 3.63) is 71.8 Å². The molecule has 0 amide bonds. The Balaban J connectivity index is 1.84. The van der Waals surface area contributed by atoms with Gasteiger partial charge in [0.05, 0.1) is 11.3 Å². The van der Waals surface area contributed by atoms with Crippen molar-refractivity contribution >= 4 is 17.2 Å². The lowest BCUT2D eigenvalue weighted by molar-refractivity contribution is 0.174. The summed E-state index contributed by atoms with van der Waals surface area (Å²) >= 11 is 0. The first-order valence-corrected chi connectivity index (χ1v) is 9.35. The van der Waals surface area contributed by atoms with Gasteiger partial charge in [0, 0.05) is 17.8 Å². The lowest BCUT2D eigenvalue weighted by Crippen LogP contribution is -2.26. The minimum atomic E-state index is -0.154. The second-order valence-corrected chi connectivity index (χ2v) is 7.14. The number of para-hydroxylation sites is 1. The Morgan fingerprint density at radius 1 is 0.897 bits per heavy atom. The fraction of sp³-hybridized carbons (Fsp3) is 0.174. The highest BCUT2D eigenvalue weighted by atomic mass is 16.7. The van der Waals surface area contributed by atoms with Crippen LogP contribution in [-0.2, 0) is 0 Å². The Morgan fingerprint density at radius 2 is 1.62 bits per heavy atom. The van der Waals surface area contributed by atoms with Crippen molar-refractivity contribution in [3.8, 4) is 23.0 Å². The number of phenolic OH excluding ortho intramolecular Hbond substituents is 2. The van der Waals surface area contributed by atoms with Gasteiger partial charge in [0.15, 0.2) is 11.5 Å². The molecular formula is C23H22N2O4. The molecule has 0 aromatic heterocycles. The quantitative estimate of drug-likeness (QED) is 0.426. The number of phenols is 2. The normalized spacial score (nSPS) is 12.2. The number of nitrogens with one attached hydrogen (secondary N) is 1. The predicted octanol–water partition coefficient (Wildman–Crippen LogP) is 5.11. The molecule has 0 aliphatic carbocycles. The number of aromatic hydroxyl groups is 2. The maximum Gasteiger partial charge on any atom is 0.231 e. The molecule has 4 rings (SSSR count). The highest BCUT2D eigenvalue weighted by Gasteiger charge is 2.24. The highest BCUT2D eigenvalue weighted by Crippen LogP contribution is 2.40. The molecule has 1 heterocycles. The molecule has 6 nitrogen and oxygen atoms in total. The lowest BCUT2D eigenvalue weighted by atomic mass is 9.98. The number of anilines is 2. The van der Waals surface area contributed by atoms with E-state index in [1.807, 2.05) is 56.3 Å². The first kappa shape index (κ1) is 18.7. The average molecular weight is 390 g/mol. The van der Waals surface area contributed by atoms with E-state index in [9.17, 15) is 10.2 Å². The van der Waals surface area contributed by atoms with Crippen LogP contribution in [0.4, 0.5) is 11.4 Å². The lowest BCUT2D eigenvalue weighted by Gasteiger charge is -2.27. The number of nitrogens with zero attached hydrogens (tertiary/aromatic N) is 1. The third kappa shape index (κ3) is 3.45. The third-order valence-corrected chi connectivity index (χ3v) is 4.87. The zero-order valence-electron chi connectivity index (χ0n) is 16.2. The van der Waals surface area contributed by atoms with Crippen LogP contribution in [0.25, 0.3) is 0 Å². The topological polar surface area (TPSA) is 86.0 Å².